The average molecular weight is 380 g/mol. The second kappa shape index (κ2) is 8.43. The summed E-state index contributed by atoms with van der Waals surface area (Å²) in [5, 5.41) is 4.21. The van der Waals surface area contributed by atoms with Crippen LogP contribution in [0.15, 0.2) is 42.9 Å². The lowest BCUT2D eigenvalue weighted by Crippen LogP contribution is -2.05. The minimum Gasteiger partial charge on any atom is -0.462 e. The molecule has 0 N–H and O–H groups in total. The van der Waals surface area contributed by atoms with Crippen LogP contribution in [0.4, 0.5) is 0 Å². The molecule has 8 heteroatoms. The number of ether oxygens (including phenoxy) is 2. The molecule has 0 atom stereocenters. The molecule has 0 saturated heterocycles. The highest BCUT2D eigenvalue weighted by Crippen LogP contribution is 2.22. The smallest absolute Gasteiger partial charge is 0.338 e. The fourth-order valence-corrected chi connectivity index (χ4v) is 2.55. The van der Waals surface area contributed by atoms with Crippen molar-refractivity contribution in [1.82, 2.24) is 19.7 Å². The van der Waals surface area contributed by atoms with Crippen molar-refractivity contribution in [2.45, 2.75) is 27.2 Å². The fraction of sp³-hybridized carbons (Fsp3) is 0.250. The van der Waals surface area contributed by atoms with E-state index in [1.54, 1.807) is 41.9 Å². The third kappa shape index (κ3) is 4.22. The van der Waals surface area contributed by atoms with Gasteiger partial charge in [-0.15, -0.1) is 0 Å². The third-order valence-corrected chi connectivity index (χ3v) is 3.98. The number of ketones is 1. The standard InChI is InChI=1S/C20H20N4O4/c1-4-9-27-20(26)15-5-7-16(8-6-15)28-19-10-18(21-12-22-19)24-13(2)17(11-23-24)14(3)25/h5-8,10-12H,4,9H2,1-3H3. The van der Waals surface area contributed by atoms with E-state index in [0.717, 1.165) is 6.42 Å². The number of rotatable bonds is 7. The molecule has 0 aliphatic carbocycles. The highest BCUT2D eigenvalue weighted by molar-refractivity contribution is 5.95. The largest absolute Gasteiger partial charge is 0.462 e. The van der Waals surface area contributed by atoms with Crippen LogP contribution in [0.1, 0.15) is 46.7 Å². The summed E-state index contributed by atoms with van der Waals surface area (Å²) in [6.07, 6.45) is 3.64. The van der Waals surface area contributed by atoms with Crippen LogP contribution >= 0.6 is 0 Å². The van der Waals surface area contributed by atoms with Gasteiger partial charge in [-0.05, 0) is 44.5 Å². The molecule has 2 heterocycles. The normalized spacial score (nSPS) is 10.5. The van der Waals surface area contributed by atoms with E-state index in [9.17, 15) is 9.59 Å². The zero-order valence-corrected chi connectivity index (χ0v) is 15.9. The van der Waals surface area contributed by atoms with E-state index in [2.05, 4.69) is 15.1 Å². The Hall–Kier alpha value is -3.55. The number of nitrogens with zero attached hydrogens (tertiary/aromatic N) is 4. The van der Waals surface area contributed by atoms with Crippen LogP contribution in [0.25, 0.3) is 5.82 Å². The summed E-state index contributed by atoms with van der Waals surface area (Å²) >= 11 is 0. The molecule has 144 valence electrons. The molecule has 8 nitrogen and oxygen atoms in total. The van der Waals surface area contributed by atoms with Crippen LogP contribution in [0.2, 0.25) is 0 Å². The zero-order chi connectivity index (χ0) is 20.1. The Bertz CT molecular complexity index is 996. The Labute approximate surface area is 162 Å². The molecule has 3 rings (SSSR count). The molecule has 3 aromatic rings. The Morgan fingerprint density at radius 2 is 1.89 bits per heavy atom. The van der Waals surface area contributed by atoms with E-state index in [1.807, 2.05) is 6.92 Å². The molecule has 0 spiro atoms. The predicted octanol–water partition coefficient (Wildman–Crippen LogP) is 3.53. The van der Waals surface area contributed by atoms with Gasteiger partial charge in [0.05, 0.1) is 29.6 Å². The Kier molecular flexibility index (Phi) is 5.78. The second-order valence-corrected chi connectivity index (χ2v) is 6.09. The Morgan fingerprint density at radius 1 is 1.14 bits per heavy atom. The molecule has 2 aromatic heterocycles. The molecule has 0 radical (unpaired) electrons. The average Bonchev–Trinajstić information content (AvgIpc) is 3.08. The van der Waals surface area contributed by atoms with Crippen LogP contribution in [0, 0.1) is 6.92 Å². The van der Waals surface area contributed by atoms with Crippen LogP contribution in [0.5, 0.6) is 11.6 Å². The summed E-state index contributed by atoms with van der Waals surface area (Å²) in [4.78, 5) is 31.7. The second-order valence-electron chi connectivity index (χ2n) is 6.09. The Balaban J connectivity index is 1.76. The van der Waals surface area contributed by atoms with Crippen LogP contribution in [0.3, 0.4) is 0 Å². The zero-order valence-electron chi connectivity index (χ0n) is 15.9. The highest BCUT2D eigenvalue weighted by Gasteiger charge is 2.13. The van der Waals surface area contributed by atoms with Gasteiger partial charge < -0.3 is 9.47 Å². The Morgan fingerprint density at radius 3 is 2.54 bits per heavy atom. The molecule has 0 aliphatic heterocycles. The maximum absolute atomic E-state index is 11.8. The monoisotopic (exact) mass is 380 g/mol. The van der Waals surface area contributed by atoms with Crippen LogP contribution in [-0.4, -0.2) is 38.1 Å². The van der Waals surface area contributed by atoms with Crippen molar-refractivity contribution in [3.63, 3.8) is 0 Å². The lowest BCUT2D eigenvalue weighted by atomic mass is 10.2. The maximum atomic E-state index is 11.8. The quantitative estimate of drug-likeness (QED) is 0.457. The van der Waals surface area contributed by atoms with Gasteiger partial charge in [-0.2, -0.15) is 5.10 Å². The van der Waals surface area contributed by atoms with Gasteiger partial charge in [0.15, 0.2) is 11.6 Å². The first-order valence-corrected chi connectivity index (χ1v) is 8.82. The molecular formula is C20H20N4O4. The van der Waals surface area contributed by atoms with Crippen molar-refractivity contribution in [3.8, 4) is 17.4 Å². The third-order valence-electron chi connectivity index (χ3n) is 3.98. The first-order valence-electron chi connectivity index (χ1n) is 8.82. The molecule has 0 aliphatic rings. The van der Waals surface area contributed by atoms with Crippen molar-refractivity contribution >= 4 is 11.8 Å². The van der Waals surface area contributed by atoms with Gasteiger partial charge in [0.25, 0.3) is 0 Å². The topological polar surface area (TPSA) is 96.2 Å². The van der Waals surface area contributed by atoms with Gasteiger partial charge in [0, 0.05) is 6.07 Å². The number of aromatic nitrogens is 4. The summed E-state index contributed by atoms with van der Waals surface area (Å²) in [5.74, 6) is 0.874. The van der Waals surface area contributed by atoms with Gasteiger partial charge in [0.1, 0.15) is 12.1 Å². The van der Waals surface area contributed by atoms with Crippen molar-refractivity contribution < 1.29 is 19.1 Å². The summed E-state index contributed by atoms with van der Waals surface area (Å²) in [7, 11) is 0. The number of hydrogen-bond acceptors (Lipinski definition) is 7. The number of esters is 1. The SMILES string of the molecule is CCCOC(=O)c1ccc(Oc2cc(-n3ncc(C(C)=O)c3C)ncn2)cc1. The summed E-state index contributed by atoms with van der Waals surface area (Å²) in [5.41, 5.74) is 1.67. The molecule has 0 amide bonds. The first kappa shape index (κ1) is 19.2. The number of carbonyl (C=O) groups excluding carboxylic acids is 2. The number of benzene rings is 1. The van der Waals surface area contributed by atoms with Gasteiger partial charge >= 0.3 is 5.97 Å². The summed E-state index contributed by atoms with van der Waals surface area (Å²) < 4.78 is 12.4. The molecule has 1 aromatic carbocycles. The fourth-order valence-electron chi connectivity index (χ4n) is 2.55. The van der Waals surface area contributed by atoms with E-state index in [-0.39, 0.29) is 11.8 Å². The van der Waals surface area contributed by atoms with E-state index in [0.29, 0.717) is 40.9 Å². The van der Waals surface area contributed by atoms with Gasteiger partial charge in [0.2, 0.25) is 5.88 Å². The van der Waals surface area contributed by atoms with E-state index < -0.39 is 0 Å². The molecule has 0 fully saturated rings. The highest BCUT2D eigenvalue weighted by atomic mass is 16.5. The van der Waals surface area contributed by atoms with Gasteiger partial charge in [-0.1, -0.05) is 6.92 Å². The predicted molar refractivity (Wildman–Crippen MR) is 101 cm³/mol. The van der Waals surface area contributed by atoms with E-state index >= 15 is 0 Å². The number of carbonyl (C=O) groups is 2. The van der Waals surface area contributed by atoms with Gasteiger partial charge in [-0.25, -0.2) is 19.4 Å². The number of Topliss-reactive ketones (excluding diaryl/α,β-unsaturated/α-hetero) is 1. The summed E-state index contributed by atoms with van der Waals surface area (Å²) in [6.45, 7) is 5.61. The van der Waals surface area contributed by atoms with Crippen molar-refractivity contribution in [2.24, 2.45) is 0 Å². The van der Waals surface area contributed by atoms with E-state index in [1.165, 1.54) is 19.4 Å². The van der Waals surface area contributed by atoms with Gasteiger partial charge in [-0.3, -0.25) is 4.79 Å². The first-order chi connectivity index (χ1) is 13.5. The number of hydrogen-bond donors (Lipinski definition) is 0. The van der Waals surface area contributed by atoms with Crippen LogP contribution < -0.4 is 4.74 Å². The lowest BCUT2D eigenvalue weighted by molar-refractivity contribution is 0.0505. The maximum Gasteiger partial charge on any atom is 0.338 e. The minimum atomic E-state index is -0.367. The van der Waals surface area contributed by atoms with Crippen LogP contribution in [-0.2, 0) is 4.74 Å². The molecule has 0 saturated carbocycles. The van der Waals surface area contributed by atoms with Crippen molar-refractivity contribution in [1.29, 1.82) is 0 Å². The summed E-state index contributed by atoms with van der Waals surface area (Å²) in [6, 6.07) is 8.21. The molecule has 28 heavy (non-hydrogen) atoms. The molecule has 0 unspecified atom stereocenters. The van der Waals surface area contributed by atoms with E-state index in [4.69, 9.17) is 9.47 Å². The van der Waals surface area contributed by atoms with Crippen molar-refractivity contribution in [2.75, 3.05) is 6.61 Å². The van der Waals surface area contributed by atoms with Crippen molar-refractivity contribution in [3.05, 3.63) is 59.7 Å². The minimum absolute atomic E-state index is 0.0631. The lowest BCUT2D eigenvalue weighted by Gasteiger charge is -2.08. The molecule has 0 bridgehead atoms. The molecular weight excluding hydrogens is 360 g/mol.